The topological polar surface area (TPSA) is 25.0 Å². The third-order valence-corrected chi connectivity index (χ3v) is 2.73. The molecule has 0 aliphatic heterocycles. The Bertz CT molecular complexity index is 410. The van der Waals surface area contributed by atoms with E-state index < -0.39 is 0 Å². The predicted octanol–water partition coefficient (Wildman–Crippen LogP) is 3.26. The fraction of sp³-hybridized carbons (Fsp3) is 0.273. The molecular formula is C11H13NOS. The number of aromatic amines is 1. The van der Waals surface area contributed by atoms with E-state index in [1.165, 1.54) is 5.39 Å². The van der Waals surface area contributed by atoms with Crippen molar-refractivity contribution in [3.05, 3.63) is 30.5 Å². The standard InChI is InChI=1S/C11H13NOS/c1-2-14-8-13-10-3-4-11-9(7-10)5-6-12-11/h3-7,12H,2,8H2,1H3. The second-order valence-corrected chi connectivity index (χ2v) is 4.20. The van der Waals surface area contributed by atoms with Gasteiger partial charge in [-0.25, -0.2) is 0 Å². The largest absolute Gasteiger partial charge is 0.483 e. The second-order valence-electron chi connectivity index (χ2n) is 2.98. The highest BCUT2D eigenvalue weighted by molar-refractivity contribution is 7.99. The molecule has 0 spiro atoms. The Labute approximate surface area is 87.7 Å². The van der Waals surface area contributed by atoms with Crippen molar-refractivity contribution in [2.24, 2.45) is 0 Å². The van der Waals surface area contributed by atoms with Crippen molar-refractivity contribution in [1.29, 1.82) is 0 Å². The summed E-state index contributed by atoms with van der Waals surface area (Å²) in [4.78, 5) is 3.15. The van der Waals surface area contributed by atoms with E-state index in [9.17, 15) is 0 Å². The van der Waals surface area contributed by atoms with E-state index in [-0.39, 0.29) is 0 Å². The Morgan fingerprint density at radius 3 is 3.14 bits per heavy atom. The van der Waals surface area contributed by atoms with E-state index in [0.717, 1.165) is 23.0 Å². The summed E-state index contributed by atoms with van der Waals surface area (Å²) in [6.45, 7) is 2.13. The molecule has 0 saturated heterocycles. The summed E-state index contributed by atoms with van der Waals surface area (Å²) in [5.74, 6) is 2.76. The molecule has 0 amide bonds. The number of hydrogen-bond acceptors (Lipinski definition) is 2. The van der Waals surface area contributed by atoms with Crippen LogP contribution in [0.5, 0.6) is 5.75 Å². The van der Waals surface area contributed by atoms with Gasteiger partial charge in [-0.2, -0.15) is 0 Å². The molecule has 2 rings (SSSR count). The molecule has 2 nitrogen and oxygen atoms in total. The van der Waals surface area contributed by atoms with Crippen LogP contribution in [-0.4, -0.2) is 16.7 Å². The molecule has 1 heterocycles. The quantitative estimate of drug-likeness (QED) is 0.615. The number of thioether (sulfide) groups is 1. The number of ether oxygens (including phenoxy) is 1. The van der Waals surface area contributed by atoms with Crippen LogP contribution in [0.25, 0.3) is 10.9 Å². The van der Waals surface area contributed by atoms with E-state index >= 15 is 0 Å². The summed E-state index contributed by atoms with van der Waals surface area (Å²) in [6, 6.07) is 8.15. The molecule has 74 valence electrons. The smallest absolute Gasteiger partial charge is 0.134 e. The van der Waals surface area contributed by atoms with Crippen molar-refractivity contribution < 1.29 is 4.74 Å². The first-order valence-electron chi connectivity index (χ1n) is 4.68. The normalized spacial score (nSPS) is 10.6. The van der Waals surface area contributed by atoms with Crippen molar-refractivity contribution in [2.45, 2.75) is 6.92 Å². The van der Waals surface area contributed by atoms with Crippen LogP contribution in [0.1, 0.15) is 6.92 Å². The highest BCUT2D eigenvalue weighted by Crippen LogP contribution is 2.20. The maximum Gasteiger partial charge on any atom is 0.134 e. The lowest BCUT2D eigenvalue weighted by Gasteiger charge is -2.04. The molecule has 14 heavy (non-hydrogen) atoms. The first-order chi connectivity index (χ1) is 6.90. The third-order valence-electron chi connectivity index (χ3n) is 2.04. The van der Waals surface area contributed by atoms with Gasteiger partial charge in [0.25, 0.3) is 0 Å². The number of nitrogens with one attached hydrogen (secondary N) is 1. The molecule has 0 bridgehead atoms. The molecule has 0 saturated carbocycles. The molecule has 1 aromatic heterocycles. The first kappa shape index (κ1) is 9.46. The van der Waals surface area contributed by atoms with Gasteiger partial charge in [-0.15, -0.1) is 11.8 Å². The monoisotopic (exact) mass is 207 g/mol. The lowest BCUT2D eigenvalue weighted by Crippen LogP contribution is -1.92. The van der Waals surface area contributed by atoms with Gasteiger partial charge in [0.2, 0.25) is 0 Å². The minimum Gasteiger partial charge on any atom is -0.483 e. The number of rotatable bonds is 4. The lowest BCUT2D eigenvalue weighted by atomic mass is 10.2. The van der Waals surface area contributed by atoms with E-state index in [2.05, 4.69) is 24.0 Å². The fourth-order valence-corrected chi connectivity index (χ4v) is 1.70. The molecular weight excluding hydrogens is 194 g/mol. The van der Waals surface area contributed by atoms with Crippen molar-refractivity contribution in [3.63, 3.8) is 0 Å². The average molecular weight is 207 g/mol. The highest BCUT2D eigenvalue weighted by atomic mass is 32.2. The zero-order valence-electron chi connectivity index (χ0n) is 8.12. The molecule has 0 fully saturated rings. The van der Waals surface area contributed by atoms with E-state index in [0.29, 0.717) is 0 Å². The van der Waals surface area contributed by atoms with Gasteiger partial charge < -0.3 is 9.72 Å². The van der Waals surface area contributed by atoms with Crippen molar-refractivity contribution in [1.82, 2.24) is 4.98 Å². The zero-order valence-corrected chi connectivity index (χ0v) is 8.93. The van der Waals surface area contributed by atoms with Gasteiger partial charge in [0.05, 0.1) is 0 Å². The van der Waals surface area contributed by atoms with E-state index in [1.54, 1.807) is 11.8 Å². The minimum atomic E-state index is 0.729. The molecule has 2 aromatic rings. The van der Waals surface area contributed by atoms with E-state index in [1.807, 2.05) is 18.3 Å². The third kappa shape index (κ3) is 2.04. The van der Waals surface area contributed by atoms with Crippen molar-refractivity contribution in [2.75, 3.05) is 11.7 Å². The maximum atomic E-state index is 5.57. The van der Waals surface area contributed by atoms with Crippen LogP contribution in [0, 0.1) is 0 Å². The zero-order chi connectivity index (χ0) is 9.80. The number of H-pyrrole nitrogens is 1. The molecule has 1 N–H and O–H groups in total. The summed E-state index contributed by atoms with van der Waals surface area (Å²) in [5.41, 5.74) is 1.15. The number of hydrogen-bond donors (Lipinski definition) is 1. The summed E-state index contributed by atoms with van der Waals surface area (Å²) in [7, 11) is 0. The average Bonchev–Trinajstić information content (AvgIpc) is 2.65. The highest BCUT2D eigenvalue weighted by Gasteiger charge is 1.97. The molecule has 0 radical (unpaired) electrons. The summed E-state index contributed by atoms with van der Waals surface area (Å²) < 4.78 is 5.57. The second kappa shape index (κ2) is 4.42. The summed E-state index contributed by atoms with van der Waals surface area (Å²) >= 11 is 1.78. The Balaban J connectivity index is 2.10. The number of fused-ring (bicyclic) bond motifs is 1. The van der Waals surface area contributed by atoms with Crippen LogP contribution >= 0.6 is 11.8 Å². The van der Waals surface area contributed by atoms with E-state index in [4.69, 9.17) is 4.74 Å². The minimum absolute atomic E-state index is 0.729. The van der Waals surface area contributed by atoms with Gasteiger partial charge in [0, 0.05) is 17.1 Å². The van der Waals surface area contributed by atoms with Crippen LogP contribution in [0.4, 0.5) is 0 Å². The molecule has 0 unspecified atom stereocenters. The Hall–Kier alpha value is -1.09. The van der Waals surface area contributed by atoms with Gasteiger partial charge >= 0.3 is 0 Å². The molecule has 0 aliphatic carbocycles. The predicted molar refractivity (Wildman–Crippen MR) is 61.9 cm³/mol. The maximum absolute atomic E-state index is 5.57. The van der Waals surface area contributed by atoms with Gasteiger partial charge in [0.15, 0.2) is 0 Å². The van der Waals surface area contributed by atoms with Crippen molar-refractivity contribution in [3.8, 4) is 5.75 Å². The number of benzene rings is 1. The Kier molecular flexibility index (Phi) is 2.99. The fourth-order valence-electron chi connectivity index (χ4n) is 1.31. The molecule has 0 aliphatic rings. The summed E-state index contributed by atoms with van der Waals surface area (Å²) in [6.07, 6.45) is 1.94. The lowest BCUT2D eigenvalue weighted by molar-refractivity contribution is 0.393. The van der Waals surface area contributed by atoms with Gasteiger partial charge in [0.1, 0.15) is 11.7 Å². The van der Waals surface area contributed by atoms with Crippen LogP contribution in [0.2, 0.25) is 0 Å². The van der Waals surface area contributed by atoms with Gasteiger partial charge in [-0.1, -0.05) is 6.92 Å². The van der Waals surface area contributed by atoms with Crippen LogP contribution < -0.4 is 4.74 Å². The Morgan fingerprint density at radius 1 is 1.36 bits per heavy atom. The van der Waals surface area contributed by atoms with Crippen molar-refractivity contribution >= 4 is 22.7 Å². The van der Waals surface area contributed by atoms with Gasteiger partial charge in [-0.05, 0) is 30.0 Å². The Morgan fingerprint density at radius 2 is 2.29 bits per heavy atom. The SMILES string of the molecule is CCSCOc1ccc2[nH]ccc2c1. The van der Waals surface area contributed by atoms with Crippen LogP contribution in [0.15, 0.2) is 30.5 Å². The summed E-state index contributed by atoms with van der Waals surface area (Å²) in [5, 5.41) is 1.20. The van der Waals surface area contributed by atoms with Gasteiger partial charge in [-0.3, -0.25) is 0 Å². The number of aromatic nitrogens is 1. The molecule has 0 atom stereocenters. The van der Waals surface area contributed by atoms with Crippen LogP contribution in [-0.2, 0) is 0 Å². The first-order valence-corrected chi connectivity index (χ1v) is 5.83. The molecule has 1 aromatic carbocycles. The molecule has 3 heteroatoms. The van der Waals surface area contributed by atoms with Crippen LogP contribution in [0.3, 0.4) is 0 Å².